The van der Waals surface area contributed by atoms with Crippen LogP contribution >= 0.6 is 0 Å². The molecule has 6 nitrogen and oxygen atoms in total. The number of fused-ring (bicyclic) bond motifs is 1. The standard InChI is InChI=1S/C15H19N3O3/c19-14(10-4-5-10)17-6-7-18-15(20)11-2-1-3-12-13(11)21-9-8-16-12/h1-3,10,16H,4-9H2,(H,17,19)(H,18,20). The lowest BCUT2D eigenvalue weighted by molar-refractivity contribution is -0.122. The minimum absolute atomic E-state index is 0.0915. The highest BCUT2D eigenvalue weighted by Crippen LogP contribution is 2.31. The minimum atomic E-state index is -0.184. The fourth-order valence-corrected chi connectivity index (χ4v) is 2.30. The van der Waals surface area contributed by atoms with Crippen LogP contribution in [0.1, 0.15) is 23.2 Å². The molecule has 2 amide bonds. The van der Waals surface area contributed by atoms with Crippen molar-refractivity contribution >= 4 is 17.5 Å². The zero-order chi connectivity index (χ0) is 14.7. The molecule has 21 heavy (non-hydrogen) atoms. The molecule has 3 rings (SSSR count). The molecule has 0 atom stereocenters. The Hall–Kier alpha value is -2.24. The van der Waals surface area contributed by atoms with Crippen molar-refractivity contribution in [2.24, 2.45) is 5.92 Å². The summed E-state index contributed by atoms with van der Waals surface area (Å²) in [5, 5.41) is 8.82. The molecule has 1 aliphatic carbocycles. The summed E-state index contributed by atoms with van der Waals surface area (Å²) in [5.74, 6) is 0.703. The third-order valence-electron chi connectivity index (χ3n) is 3.58. The highest BCUT2D eigenvalue weighted by molar-refractivity contribution is 5.99. The van der Waals surface area contributed by atoms with E-state index in [1.165, 1.54) is 0 Å². The van der Waals surface area contributed by atoms with Gasteiger partial charge in [0.15, 0.2) is 5.75 Å². The number of ether oxygens (including phenoxy) is 1. The fourth-order valence-electron chi connectivity index (χ4n) is 2.30. The van der Waals surface area contributed by atoms with E-state index in [0.717, 1.165) is 25.1 Å². The number of carbonyl (C=O) groups is 2. The van der Waals surface area contributed by atoms with Crippen molar-refractivity contribution in [2.75, 3.05) is 31.6 Å². The van der Waals surface area contributed by atoms with Gasteiger partial charge in [-0.3, -0.25) is 9.59 Å². The van der Waals surface area contributed by atoms with Gasteiger partial charge in [-0.1, -0.05) is 6.07 Å². The lowest BCUT2D eigenvalue weighted by Crippen LogP contribution is -2.35. The van der Waals surface area contributed by atoms with Gasteiger partial charge < -0.3 is 20.7 Å². The van der Waals surface area contributed by atoms with Gasteiger partial charge in [0.1, 0.15) is 6.61 Å². The third-order valence-corrected chi connectivity index (χ3v) is 3.58. The second-order valence-electron chi connectivity index (χ2n) is 5.28. The molecule has 1 aromatic rings. The number of hydrogen-bond donors (Lipinski definition) is 3. The summed E-state index contributed by atoms with van der Waals surface area (Å²) in [6, 6.07) is 5.45. The zero-order valence-corrected chi connectivity index (χ0v) is 11.8. The summed E-state index contributed by atoms with van der Waals surface area (Å²) >= 11 is 0. The zero-order valence-electron chi connectivity index (χ0n) is 11.8. The molecular weight excluding hydrogens is 270 g/mol. The summed E-state index contributed by atoms with van der Waals surface area (Å²) in [6.45, 7) is 2.16. The molecule has 1 aliphatic heterocycles. The molecule has 2 aliphatic rings. The second-order valence-corrected chi connectivity index (χ2v) is 5.28. The van der Waals surface area contributed by atoms with Gasteiger partial charge in [-0.05, 0) is 25.0 Å². The maximum Gasteiger partial charge on any atom is 0.255 e. The molecule has 0 saturated heterocycles. The van der Waals surface area contributed by atoms with Crippen LogP contribution in [0.15, 0.2) is 18.2 Å². The molecule has 0 aromatic heterocycles. The lowest BCUT2D eigenvalue weighted by Gasteiger charge is -2.21. The van der Waals surface area contributed by atoms with Gasteiger partial charge in [-0.2, -0.15) is 0 Å². The highest BCUT2D eigenvalue weighted by Gasteiger charge is 2.29. The smallest absolute Gasteiger partial charge is 0.255 e. The first kappa shape index (κ1) is 13.7. The predicted molar refractivity (Wildman–Crippen MR) is 78.5 cm³/mol. The first-order valence-corrected chi connectivity index (χ1v) is 7.31. The Morgan fingerprint density at radius 3 is 2.86 bits per heavy atom. The number of nitrogens with one attached hydrogen (secondary N) is 3. The van der Waals surface area contributed by atoms with Gasteiger partial charge >= 0.3 is 0 Å². The van der Waals surface area contributed by atoms with Crippen LogP contribution in [0.5, 0.6) is 5.75 Å². The molecule has 112 valence electrons. The Morgan fingerprint density at radius 1 is 1.24 bits per heavy atom. The number of anilines is 1. The molecule has 0 radical (unpaired) electrons. The first-order chi connectivity index (χ1) is 10.3. The van der Waals surface area contributed by atoms with Crippen LogP contribution in [0.2, 0.25) is 0 Å². The summed E-state index contributed by atoms with van der Waals surface area (Å²) in [5.41, 5.74) is 1.36. The number of hydrogen-bond acceptors (Lipinski definition) is 4. The average molecular weight is 289 g/mol. The van der Waals surface area contributed by atoms with Crippen LogP contribution in [0.4, 0.5) is 5.69 Å². The van der Waals surface area contributed by atoms with E-state index in [4.69, 9.17) is 4.74 Å². The normalized spacial score (nSPS) is 16.2. The third kappa shape index (κ3) is 3.26. The molecule has 0 spiro atoms. The van der Waals surface area contributed by atoms with Gasteiger partial charge in [0.05, 0.1) is 11.3 Å². The number of carbonyl (C=O) groups excluding carboxylic acids is 2. The van der Waals surface area contributed by atoms with E-state index in [9.17, 15) is 9.59 Å². The molecule has 0 bridgehead atoms. The number of rotatable bonds is 5. The second kappa shape index (κ2) is 6.03. The van der Waals surface area contributed by atoms with E-state index in [2.05, 4.69) is 16.0 Å². The van der Waals surface area contributed by atoms with Crippen molar-refractivity contribution in [1.29, 1.82) is 0 Å². The SMILES string of the molecule is O=C(NCCNC(=O)C1CC1)c1cccc2c1OCCN2. The van der Waals surface area contributed by atoms with Crippen LogP contribution in [-0.4, -0.2) is 38.1 Å². The van der Waals surface area contributed by atoms with E-state index in [1.54, 1.807) is 6.07 Å². The Bertz CT molecular complexity index is 555. The summed E-state index contributed by atoms with van der Waals surface area (Å²) < 4.78 is 5.57. The minimum Gasteiger partial charge on any atom is -0.489 e. The molecule has 1 heterocycles. The average Bonchev–Trinajstić information content (AvgIpc) is 3.35. The van der Waals surface area contributed by atoms with E-state index in [1.807, 2.05) is 12.1 Å². The summed E-state index contributed by atoms with van der Waals surface area (Å²) in [6.07, 6.45) is 1.97. The number of para-hydroxylation sites is 1. The lowest BCUT2D eigenvalue weighted by atomic mass is 10.1. The predicted octanol–water partition coefficient (Wildman–Crippen LogP) is 0.747. The van der Waals surface area contributed by atoms with E-state index in [-0.39, 0.29) is 17.7 Å². The van der Waals surface area contributed by atoms with Gasteiger partial charge in [0.2, 0.25) is 5.91 Å². The van der Waals surface area contributed by atoms with Crippen LogP contribution in [0.3, 0.4) is 0 Å². The molecule has 0 unspecified atom stereocenters. The Kier molecular flexibility index (Phi) is 3.94. The van der Waals surface area contributed by atoms with Crippen LogP contribution in [-0.2, 0) is 4.79 Å². The van der Waals surface area contributed by atoms with Gasteiger partial charge in [0, 0.05) is 25.6 Å². The summed E-state index contributed by atoms with van der Waals surface area (Å²) in [4.78, 5) is 23.6. The monoisotopic (exact) mass is 289 g/mol. The Balaban J connectivity index is 1.52. The van der Waals surface area contributed by atoms with Gasteiger partial charge in [0.25, 0.3) is 5.91 Å². The first-order valence-electron chi connectivity index (χ1n) is 7.31. The van der Waals surface area contributed by atoms with Crippen LogP contribution < -0.4 is 20.7 Å². The Labute approximate surface area is 123 Å². The number of benzene rings is 1. The molecule has 6 heteroatoms. The molecule has 1 aromatic carbocycles. The highest BCUT2D eigenvalue weighted by atomic mass is 16.5. The van der Waals surface area contributed by atoms with Crippen LogP contribution in [0.25, 0.3) is 0 Å². The fraction of sp³-hybridized carbons (Fsp3) is 0.467. The van der Waals surface area contributed by atoms with E-state index in [0.29, 0.717) is 31.0 Å². The largest absolute Gasteiger partial charge is 0.489 e. The van der Waals surface area contributed by atoms with Crippen LogP contribution in [0, 0.1) is 5.92 Å². The van der Waals surface area contributed by atoms with Crippen molar-refractivity contribution in [1.82, 2.24) is 10.6 Å². The van der Waals surface area contributed by atoms with Crippen molar-refractivity contribution in [3.63, 3.8) is 0 Å². The van der Waals surface area contributed by atoms with Gasteiger partial charge in [-0.15, -0.1) is 0 Å². The van der Waals surface area contributed by atoms with E-state index < -0.39 is 0 Å². The quantitative estimate of drug-likeness (QED) is 0.699. The van der Waals surface area contributed by atoms with Crippen molar-refractivity contribution < 1.29 is 14.3 Å². The molecule has 1 saturated carbocycles. The molecular formula is C15H19N3O3. The Morgan fingerprint density at radius 2 is 2.05 bits per heavy atom. The maximum atomic E-state index is 12.2. The number of amides is 2. The van der Waals surface area contributed by atoms with Crippen molar-refractivity contribution in [3.05, 3.63) is 23.8 Å². The van der Waals surface area contributed by atoms with E-state index >= 15 is 0 Å². The van der Waals surface area contributed by atoms with Crippen molar-refractivity contribution in [2.45, 2.75) is 12.8 Å². The topological polar surface area (TPSA) is 79.5 Å². The van der Waals surface area contributed by atoms with Crippen molar-refractivity contribution in [3.8, 4) is 5.75 Å². The summed E-state index contributed by atoms with van der Waals surface area (Å²) in [7, 11) is 0. The maximum absolute atomic E-state index is 12.2. The van der Waals surface area contributed by atoms with Gasteiger partial charge in [-0.25, -0.2) is 0 Å². The molecule has 1 fully saturated rings. The molecule has 3 N–H and O–H groups in total.